The van der Waals surface area contributed by atoms with E-state index in [1.807, 2.05) is 25.1 Å². The van der Waals surface area contributed by atoms with Gasteiger partial charge < -0.3 is 0 Å². The molecule has 20 heavy (non-hydrogen) atoms. The monoisotopic (exact) mass is 267 g/mol. The van der Waals surface area contributed by atoms with E-state index in [1.54, 1.807) is 18.2 Å². The molecule has 2 aromatic carbocycles. The Morgan fingerprint density at radius 3 is 2.55 bits per heavy atom. The molecule has 3 rings (SSSR count). The maximum absolute atomic E-state index is 12.4. The van der Waals surface area contributed by atoms with Gasteiger partial charge >= 0.3 is 0 Å². The number of carbonyl (C=O) groups is 3. The van der Waals surface area contributed by atoms with Crippen molar-refractivity contribution in [2.45, 2.75) is 19.8 Å². The van der Waals surface area contributed by atoms with Crippen molar-refractivity contribution in [3.05, 3.63) is 47.5 Å². The molecule has 0 unspecified atom stereocenters. The fourth-order valence-electron chi connectivity index (χ4n) is 2.56. The van der Waals surface area contributed by atoms with Gasteiger partial charge in [-0.1, -0.05) is 37.3 Å². The summed E-state index contributed by atoms with van der Waals surface area (Å²) >= 11 is 0. The highest BCUT2D eigenvalue weighted by Gasteiger charge is 2.40. The van der Waals surface area contributed by atoms with E-state index in [4.69, 9.17) is 0 Å². The van der Waals surface area contributed by atoms with Crippen LogP contribution in [0.3, 0.4) is 0 Å². The number of hydrogen-bond acceptors (Lipinski definition) is 3. The van der Waals surface area contributed by atoms with Crippen LogP contribution in [-0.4, -0.2) is 22.6 Å². The van der Waals surface area contributed by atoms with E-state index in [9.17, 15) is 14.4 Å². The van der Waals surface area contributed by atoms with E-state index in [2.05, 4.69) is 0 Å². The lowest BCUT2D eigenvalue weighted by Crippen LogP contribution is -2.35. The van der Waals surface area contributed by atoms with Crippen molar-refractivity contribution in [1.82, 2.24) is 4.90 Å². The number of fused-ring (bicyclic) bond motifs is 3. The molecular weight excluding hydrogens is 254 g/mol. The molecular formula is C16H13NO3. The van der Waals surface area contributed by atoms with Crippen LogP contribution in [0.15, 0.2) is 36.4 Å². The Hall–Kier alpha value is -2.49. The molecule has 4 heteroatoms. The number of amides is 3. The van der Waals surface area contributed by atoms with Crippen molar-refractivity contribution in [2.24, 2.45) is 0 Å². The smallest absolute Gasteiger partial charge is 0.269 e. The molecule has 3 amide bonds. The third kappa shape index (κ3) is 1.65. The molecule has 100 valence electrons. The minimum absolute atomic E-state index is 0.198. The summed E-state index contributed by atoms with van der Waals surface area (Å²) in [7, 11) is 0. The fourth-order valence-corrected chi connectivity index (χ4v) is 2.56. The summed E-state index contributed by atoms with van der Waals surface area (Å²) in [6, 6.07) is 10.8. The molecule has 0 N–H and O–H groups in total. The molecule has 0 atom stereocenters. The summed E-state index contributed by atoms with van der Waals surface area (Å²) in [5.41, 5.74) is 0.663. The quantitative estimate of drug-likeness (QED) is 0.786. The Labute approximate surface area is 116 Å². The number of imide groups is 3. The molecule has 1 aliphatic rings. The minimum atomic E-state index is -0.505. The zero-order valence-electron chi connectivity index (χ0n) is 11.1. The van der Waals surface area contributed by atoms with Crippen LogP contribution in [0.5, 0.6) is 0 Å². The van der Waals surface area contributed by atoms with Gasteiger partial charge in [0.05, 0.1) is 11.1 Å². The maximum atomic E-state index is 12.4. The molecule has 0 spiro atoms. The SMILES string of the molecule is CCCC(=O)N1C(=O)c2ccc3ccccc3c2C1=O. The topological polar surface area (TPSA) is 54.5 Å². The Morgan fingerprint density at radius 2 is 1.80 bits per heavy atom. The second kappa shape index (κ2) is 4.56. The van der Waals surface area contributed by atoms with Crippen molar-refractivity contribution in [1.29, 1.82) is 0 Å². The van der Waals surface area contributed by atoms with Crippen LogP contribution >= 0.6 is 0 Å². The summed E-state index contributed by atoms with van der Waals surface area (Å²) in [4.78, 5) is 37.4. The molecule has 0 saturated heterocycles. The van der Waals surface area contributed by atoms with Crippen molar-refractivity contribution >= 4 is 28.5 Å². The van der Waals surface area contributed by atoms with Gasteiger partial charge in [0.25, 0.3) is 11.8 Å². The first-order valence-electron chi connectivity index (χ1n) is 6.58. The lowest BCUT2D eigenvalue weighted by atomic mass is 10.0. The zero-order chi connectivity index (χ0) is 14.3. The van der Waals surface area contributed by atoms with Gasteiger partial charge in [0, 0.05) is 6.42 Å². The fraction of sp³-hybridized carbons (Fsp3) is 0.188. The molecule has 0 aliphatic carbocycles. The second-order valence-electron chi connectivity index (χ2n) is 4.80. The molecule has 2 aromatic rings. The third-order valence-corrected chi connectivity index (χ3v) is 3.49. The zero-order valence-corrected chi connectivity index (χ0v) is 11.1. The van der Waals surface area contributed by atoms with Gasteiger partial charge in [-0.05, 0) is 23.3 Å². The summed E-state index contributed by atoms with van der Waals surface area (Å²) in [5.74, 6) is -1.43. The number of carbonyl (C=O) groups excluding carboxylic acids is 3. The third-order valence-electron chi connectivity index (χ3n) is 3.49. The molecule has 1 heterocycles. The van der Waals surface area contributed by atoms with Gasteiger partial charge in [0.1, 0.15) is 0 Å². The molecule has 4 nitrogen and oxygen atoms in total. The average molecular weight is 267 g/mol. The Bertz CT molecular complexity index is 748. The van der Waals surface area contributed by atoms with Crippen LogP contribution in [0.25, 0.3) is 10.8 Å². The molecule has 0 saturated carbocycles. The van der Waals surface area contributed by atoms with Crippen LogP contribution in [0.1, 0.15) is 40.5 Å². The molecule has 0 fully saturated rings. The predicted molar refractivity (Wildman–Crippen MR) is 74.4 cm³/mol. The van der Waals surface area contributed by atoms with Crippen LogP contribution in [0, 0.1) is 0 Å². The van der Waals surface area contributed by atoms with Gasteiger partial charge in [-0.15, -0.1) is 0 Å². The highest BCUT2D eigenvalue weighted by Crippen LogP contribution is 2.30. The first-order valence-corrected chi connectivity index (χ1v) is 6.58. The molecule has 1 aliphatic heterocycles. The normalized spacial score (nSPS) is 13.9. The van der Waals surface area contributed by atoms with E-state index in [-0.39, 0.29) is 6.42 Å². The number of hydrogen-bond donors (Lipinski definition) is 0. The lowest BCUT2D eigenvalue weighted by Gasteiger charge is -2.10. The first kappa shape index (κ1) is 12.5. The van der Waals surface area contributed by atoms with E-state index < -0.39 is 17.7 Å². The highest BCUT2D eigenvalue weighted by atomic mass is 16.2. The molecule has 0 radical (unpaired) electrons. The van der Waals surface area contributed by atoms with E-state index >= 15 is 0 Å². The Kier molecular flexibility index (Phi) is 2.86. The van der Waals surface area contributed by atoms with E-state index in [1.165, 1.54) is 0 Å². The van der Waals surface area contributed by atoms with Crippen LogP contribution in [-0.2, 0) is 4.79 Å². The average Bonchev–Trinajstić information content (AvgIpc) is 2.71. The van der Waals surface area contributed by atoms with Crippen molar-refractivity contribution in [3.8, 4) is 0 Å². The predicted octanol–water partition coefficient (Wildman–Crippen LogP) is 2.76. The Morgan fingerprint density at radius 1 is 1.05 bits per heavy atom. The summed E-state index contributed by atoms with van der Waals surface area (Å²) in [6.07, 6.45) is 0.802. The number of rotatable bonds is 2. The molecule has 0 bridgehead atoms. The van der Waals surface area contributed by atoms with E-state index in [0.29, 0.717) is 17.5 Å². The van der Waals surface area contributed by atoms with Gasteiger partial charge in [-0.25, -0.2) is 4.90 Å². The minimum Gasteiger partial charge on any atom is -0.274 e. The Balaban J connectivity index is 2.18. The van der Waals surface area contributed by atoms with Crippen molar-refractivity contribution in [2.75, 3.05) is 0 Å². The second-order valence-corrected chi connectivity index (χ2v) is 4.80. The lowest BCUT2D eigenvalue weighted by molar-refractivity contribution is -0.126. The van der Waals surface area contributed by atoms with Gasteiger partial charge in [0.15, 0.2) is 0 Å². The number of benzene rings is 2. The van der Waals surface area contributed by atoms with Gasteiger partial charge in [-0.3, -0.25) is 14.4 Å². The van der Waals surface area contributed by atoms with Gasteiger partial charge in [-0.2, -0.15) is 0 Å². The first-order chi connectivity index (χ1) is 9.65. The van der Waals surface area contributed by atoms with Crippen molar-refractivity contribution < 1.29 is 14.4 Å². The molecule has 0 aromatic heterocycles. The standard InChI is InChI=1S/C16H13NO3/c1-2-5-13(18)17-15(19)12-9-8-10-6-3-4-7-11(10)14(12)16(17)20/h3-4,6-9H,2,5H2,1H3. The summed E-state index contributed by atoms with van der Waals surface area (Å²) < 4.78 is 0. The van der Waals surface area contributed by atoms with Crippen LogP contribution in [0.4, 0.5) is 0 Å². The largest absolute Gasteiger partial charge is 0.274 e. The van der Waals surface area contributed by atoms with Crippen molar-refractivity contribution in [3.63, 3.8) is 0 Å². The highest BCUT2D eigenvalue weighted by molar-refractivity contribution is 6.32. The van der Waals surface area contributed by atoms with E-state index in [0.717, 1.165) is 15.7 Å². The summed E-state index contributed by atoms with van der Waals surface area (Å²) in [5, 5.41) is 1.60. The maximum Gasteiger partial charge on any atom is 0.269 e. The summed E-state index contributed by atoms with van der Waals surface area (Å²) in [6.45, 7) is 1.84. The number of nitrogens with zero attached hydrogens (tertiary/aromatic N) is 1. The van der Waals surface area contributed by atoms with Crippen LogP contribution < -0.4 is 0 Å². The van der Waals surface area contributed by atoms with Gasteiger partial charge in [0.2, 0.25) is 5.91 Å². The van der Waals surface area contributed by atoms with Crippen LogP contribution in [0.2, 0.25) is 0 Å².